The van der Waals surface area contributed by atoms with Crippen LogP contribution in [0.15, 0.2) is 36.5 Å². The molecule has 0 N–H and O–H groups in total. The van der Waals surface area contributed by atoms with Crippen molar-refractivity contribution < 1.29 is 0 Å². The van der Waals surface area contributed by atoms with E-state index in [2.05, 4.69) is 73.8 Å². The molecular weight excluding hydrogens is 372 g/mol. The van der Waals surface area contributed by atoms with E-state index in [4.69, 9.17) is 9.97 Å². The van der Waals surface area contributed by atoms with Crippen molar-refractivity contribution in [3.8, 4) is 0 Å². The number of benzene rings is 1. The van der Waals surface area contributed by atoms with Crippen molar-refractivity contribution in [3.63, 3.8) is 0 Å². The molecule has 0 bridgehead atoms. The molecule has 0 amide bonds. The molecule has 1 aliphatic rings. The van der Waals surface area contributed by atoms with Crippen LogP contribution in [0, 0.1) is 6.92 Å². The summed E-state index contributed by atoms with van der Waals surface area (Å²) in [6.07, 6.45) is 2.24. The highest BCUT2D eigenvalue weighted by molar-refractivity contribution is 5.72. The van der Waals surface area contributed by atoms with Crippen molar-refractivity contribution >= 4 is 11.2 Å². The van der Waals surface area contributed by atoms with Gasteiger partial charge < -0.3 is 4.90 Å². The van der Waals surface area contributed by atoms with Gasteiger partial charge in [-0.15, -0.1) is 5.10 Å². The Morgan fingerprint density at radius 3 is 2.57 bits per heavy atom. The third-order valence-electron chi connectivity index (χ3n) is 6.03. The Morgan fingerprint density at radius 1 is 1.17 bits per heavy atom. The minimum Gasteiger partial charge on any atom is -0.375 e. The van der Waals surface area contributed by atoms with Crippen LogP contribution < -0.4 is 0 Å². The molecular formula is C24H32N6. The molecule has 30 heavy (non-hydrogen) atoms. The monoisotopic (exact) mass is 404 g/mol. The number of hydrogen-bond donors (Lipinski definition) is 0. The van der Waals surface area contributed by atoms with Crippen LogP contribution in [-0.2, 0) is 12.0 Å². The van der Waals surface area contributed by atoms with Crippen LogP contribution in [0.2, 0.25) is 0 Å². The van der Waals surface area contributed by atoms with E-state index in [0.29, 0.717) is 12.5 Å². The maximum Gasteiger partial charge on any atom is 0.182 e. The fourth-order valence-corrected chi connectivity index (χ4v) is 4.12. The Morgan fingerprint density at radius 2 is 1.90 bits per heavy atom. The van der Waals surface area contributed by atoms with Gasteiger partial charge in [-0.25, -0.2) is 14.6 Å². The van der Waals surface area contributed by atoms with E-state index in [1.54, 1.807) is 0 Å². The maximum absolute atomic E-state index is 4.94. The standard InChI is InChI=1S/C24H32N6/c1-16(2)29-13-7-8-19(15-29)22-25-17(3)21-23(26-22)30(28-27-21)14-18-9-11-20(12-10-18)24(4,5)6/h9-12,19H,1,7-8,13-15H2,2-6H3. The number of rotatable bonds is 4. The molecule has 1 aromatic carbocycles. The summed E-state index contributed by atoms with van der Waals surface area (Å²) >= 11 is 0. The first-order valence-electron chi connectivity index (χ1n) is 10.8. The van der Waals surface area contributed by atoms with E-state index < -0.39 is 0 Å². The summed E-state index contributed by atoms with van der Waals surface area (Å²) in [7, 11) is 0. The average Bonchev–Trinajstić information content (AvgIpc) is 3.11. The minimum atomic E-state index is 0.148. The van der Waals surface area contributed by atoms with Crippen LogP contribution in [-0.4, -0.2) is 43.0 Å². The fraction of sp³-hybridized carbons (Fsp3) is 0.500. The van der Waals surface area contributed by atoms with Gasteiger partial charge >= 0.3 is 0 Å². The Kier molecular flexibility index (Phi) is 5.35. The first-order valence-corrected chi connectivity index (χ1v) is 10.8. The molecule has 1 aliphatic heterocycles. The Balaban J connectivity index is 1.63. The molecule has 1 saturated heterocycles. The lowest BCUT2D eigenvalue weighted by Gasteiger charge is -2.33. The first kappa shape index (κ1) is 20.5. The topological polar surface area (TPSA) is 59.7 Å². The van der Waals surface area contributed by atoms with Crippen LogP contribution in [0.4, 0.5) is 0 Å². The zero-order chi connectivity index (χ0) is 21.5. The number of nitrogens with zero attached hydrogens (tertiary/aromatic N) is 6. The highest BCUT2D eigenvalue weighted by Crippen LogP contribution is 2.28. The Labute approximate surface area is 179 Å². The van der Waals surface area contributed by atoms with E-state index >= 15 is 0 Å². The van der Waals surface area contributed by atoms with Crippen molar-refractivity contribution in [3.05, 3.63) is 59.2 Å². The molecule has 0 radical (unpaired) electrons. The van der Waals surface area contributed by atoms with E-state index in [1.165, 1.54) is 11.1 Å². The summed E-state index contributed by atoms with van der Waals surface area (Å²) in [5, 5.41) is 8.76. The van der Waals surface area contributed by atoms with E-state index in [9.17, 15) is 0 Å². The molecule has 158 valence electrons. The average molecular weight is 405 g/mol. The molecule has 0 saturated carbocycles. The van der Waals surface area contributed by atoms with Gasteiger partial charge in [0.25, 0.3) is 0 Å². The Bertz CT molecular complexity index is 1060. The molecule has 4 rings (SSSR count). The normalized spacial score (nSPS) is 17.5. The number of allylic oxidation sites excluding steroid dienone is 1. The number of likely N-dealkylation sites (tertiary alicyclic amines) is 1. The minimum absolute atomic E-state index is 0.148. The lowest BCUT2D eigenvalue weighted by Crippen LogP contribution is -2.33. The SMILES string of the molecule is C=C(C)N1CCCC(c2nc(C)c3nnn(Cc4ccc(C(C)(C)C)cc4)c3n2)C1. The summed E-state index contributed by atoms with van der Waals surface area (Å²) in [6.45, 7) is 17.5. The van der Waals surface area contributed by atoms with E-state index in [1.807, 2.05) is 11.6 Å². The first-order chi connectivity index (χ1) is 14.2. The predicted molar refractivity (Wildman–Crippen MR) is 120 cm³/mol. The summed E-state index contributed by atoms with van der Waals surface area (Å²) in [5.74, 6) is 1.21. The molecule has 1 fully saturated rings. The molecule has 3 heterocycles. The second-order valence-electron chi connectivity index (χ2n) is 9.55. The fourth-order valence-electron chi connectivity index (χ4n) is 4.12. The van der Waals surface area contributed by atoms with Gasteiger partial charge in [-0.3, -0.25) is 0 Å². The Hall–Kier alpha value is -2.76. The predicted octanol–water partition coefficient (Wildman–Crippen LogP) is 4.59. The van der Waals surface area contributed by atoms with Crippen molar-refractivity contribution in [1.82, 2.24) is 29.9 Å². The van der Waals surface area contributed by atoms with Crippen LogP contribution in [0.3, 0.4) is 0 Å². The summed E-state index contributed by atoms with van der Waals surface area (Å²) in [6, 6.07) is 8.76. The van der Waals surface area contributed by atoms with Crippen molar-refractivity contribution in [2.24, 2.45) is 0 Å². The van der Waals surface area contributed by atoms with Gasteiger partial charge in [-0.2, -0.15) is 0 Å². The quantitative estimate of drug-likeness (QED) is 0.637. The highest BCUT2D eigenvalue weighted by atomic mass is 15.4. The van der Waals surface area contributed by atoms with Crippen LogP contribution in [0.1, 0.15) is 69.1 Å². The molecule has 3 aromatic rings. The number of aromatic nitrogens is 5. The zero-order valence-electron chi connectivity index (χ0n) is 18.8. The number of piperidine rings is 1. The second kappa shape index (κ2) is 7.82. The van der Waals surface area contributed by atoms with E-state index in [0.717, 1.165) is 54.3 Å². The van der Waals surface area contributed by atoms with Gasteiger partial charge in [0.2, 0.25) is 0 Å². The lowest BCUT2D eigenvalue weighted by atomic mass is 9.87. The lowest BCUT2D eigenvalue weighted by molar-refractivity contribution is 0.255. The van der Waals surface area contributed by atoms with Gasteiger partial charge in [-0.1, -0.05) is 56.8 Å². The van der Waals surface area contributed by atoms with Crippen molar-refractivity contribution in [1.29, 1.82) is 0 Å². The van der Waals surface area contributed by atoms with Gasteiger partial charge in [0.05, 0.1) is 12.2 Å². The largest absolute Gasteiger partial charge is 0.375 e. The molecule has 0 aliphatic carbocycles. The maximum atomic E-state index is 4.94. The smallest absolute Gasteiger partial charge is 0.182 e. The molecule has 6 nitrogen and oxygen atoms in total. The summed E-state index contributed by atoms with van der Waals surface area (Å²) in [5.41, 5.74) is 6.30. The molecule has 1 unspecified atom stereocenters. The summed E-state index contributed by atoms with van der Waals surface area (Å²) in [4.78, 5) is 12.1. The van der Waals surface area contributed by atoms with Crippen LogP contribution in [0.5, 0.6) is 0 Å². The van der Waals surface area contributed by atoms with E-state index in [-0.39, 0.29) is 5.41 Å². The van der Waals surface area contributed by atoms with Gasteiger partial charge in [0.15, 0.2) is 11.2 Å². The van der Waals surface area contributed by atoms with Crippen LogP contribution in [0.25, 0.3) is 11.2 Å². The van der Waals surface area contributed by atoms with Crippen molar-refractivity contribution in [2.45, 2.75) is 65.3 Å². The van der Waals surface area contributed by atoms with Gasteiger partial charge in [0.1, 0.15) is 5.82 Å². The molecule has 1 atom stereocenters. The number of hydrogen-bond acceptors (Lipinski definition) is 5. The summed E-state index contributed by atoms with van der Waals surface area (Å²) < 4.78 is 1.90. The number of aryl methyl sites for hydroxylation is 1. The third-order valence-corrected chi connectivity index (χ3v) is 6.03. The third kappa shape index (κ3) is 4.09. The molecule has 6 heteroatoms. The number of fused-ring (bicyclic) bond motifs is 1. The highest BCUT2D eigenvalue weighted by Gasteiger charge is 2.25. The molecule has 2 aromatic heterocycles. The second-order valence-corrected chi connectivity index (χ2v) is 9.55. The van der Waals surface area contributed by atoms with Crippen LogP contribution >= 0.6 is 0 Å². The van der Waals surface area contributed by atoms with Gasteiger partial charge in [-0.05, 0) is 43.2 Å². The van der Waals surface area contributed by atoms with Crippen molar-refractivity contribution in [2.75, 3.05) is 13.1 Å². The van der Waals surface area contributed by atoms with Gasteiger partial charge in [0, 0.05) is 24.7 Å². The molecule has 0 spiro atoms. The zero-order valence-corrected chi connectivity index (χ0v) is 18.8.